The van der Waals surface area contributed by atoms with Gasteiger partial charge in [0, 0.05) is 33.4 Å². The lowest BCUT2D eigenvalue weighted by atomic mass is 10.1. The number of halogens is 1. The van der Waals surface area contributed by atoms with E-state index in [1.54, 1.807) is 11.3 Å². The lowest BCUT2D eigenvalue weighted by Crippen LogP contribution is -2.39. The molecule has 0 fully saturated rings. The molecule has 1 aromatic rings. The minimum atomic E-state index is 0. The summed E-state index contributed by atoms with van der Waals surface area (Å²) in [6.07, 6.45) is 3.35. The first-order valence-electron chi connectivity index (χ1n) is 7.82. The molecule has 1 unspecified atom stereocenters. The van der Waals surface area contributed by atoms with Gasteiger partial charge in [0.25, 0.3) is 0 Å². The molecule has 1 atom stereocenters. The molecule has 0 aliphatic rings. The fourth-order valence-electron chi connectivity index (χ4n) is 1.87. The van der Waals surface area contributed by atoms with Crippen LogP contribution in [0.5, 0.6) is 0 Å². The highest BCUT2D eigenvalue weighted by molar-refractivity contribution is 14.0. The molecule has 1 rings (SSSR count). The van der Waals surface area contributed by atoms with Crippen LogP contribution in [0.25, 0.3) is 0 Å². The summed E-state index contributed by atoms with van der Waals surface area (Å²) < 4.78 is 5.54. The van der Waals surface area contributed by atoms with Gasteiger partial charge in [-0.05, 0) is 41.1 Å². The van der Waals surface area contributed by atoms with E-state index in [-0.39, 0.29) is 24.0 Å². The van der Waals surface area contributed by atoms with Gasteiger partial charge in [0.2, 0.25) is 0 Å². The van der Waals surface area contributed by atoms with Crippen LogP contribution in [0, 0.1) is 0 Å². The molecule has 0 bridgehead atoms. The van der Waals surface area contributed by atoms with Crippen LogP contribution in [0.4, 0.5) is 0 Å². The number of aliphatic imine (C=N–C) groups is 1. The zero-order valence-electron chi connectivity index (χ0n) is 13.9. The van der Waals surface area contributed by atoms with Gasteiger partial charge in [-0.15, -0.1) is 24.0 Å². The summed E-state index contributed by atoms with van der Waals surface area (Å²) in [5.74, 6) is 1.36. The number of unbranched alkanes of at least 4 members (excludes halogenated alkanes) is 1. The van der Waals surface area contributed by atoms with E-state index in [1.807, 2.05) is 7.05 Å². The fraction of sp³-hybridized carbons (Fsp3) is 0.688. The normalized spacial score (nSPS) is 12.6. The van der Waals surface area contributed by atoms with E-state index in [1.165, 1.54) is 12.0 Å². The van der Waals surface area contributed by atoms with Gasteiger partial charge in [-0.2, -0.15) is 11.3 Å². The van der Waals surface area contributed by atoms with Gasteiger partial charge in [-0.3, -0.25) is 4.99 Å². The summed E-state index contributed by atoms with van der Waals surface area (Å²) in [7, 11) is 1.81. The van der Waals surface area contributed by atoms with Crippen LogP contribution in [0.2, 0.25) is 0 Å². The number of ether oxygens (including phenoxy) is 1. The molecule has 1 heterocycles. The molecule has 2 N–H and O–H groups in total. The summed E-state index contributed by atoms with van der Waals surface area (Å²) in [5, 5.41) is 11.0. The Hall–Kier alpha value is -0.340. The molecule has 0 aliphatic carbocycles. The molecular formula is C16H30IN3OS. The predicted octanol–water partition coefficient (Wildman–Crippen LogP) is 3.84. The van der Waals surface area contributed by atoms with E-state index in [4.69, 9.17) is 4.74 Å². The van der Waals surface area contributed by atoms with Crippen molar-refractivity contribution in [3.05, 3.63) is 22.4 Å². The predicted molar refractivity (Wildman–Crippen MR) is 108 cm³/mol. The molecule has 0 saturated heterocycles. The van der Waals surface area contributed by atoms with E-state index >= 15 is 0 Å². The van der Waals surface area contributed by atoms with Crippen molar-refractivity contribution in [1.29, 1.82) is 0 Å². The van der Waals surface area contributed by atoms with Crippen molar-refractivity contribution in [2.45, 2.75) is 39.0 Å². The van der Waals surface area contributed by atoms with Crippen molar-refractivity contribution in [1.82, 2.24) is 10.6 Å². The Morgan fingerprint density at radius 2 is 2.09 bits per heavy atom. The smallest absolute Gasteiger partial charge is 0.190 e. The van der Waals surface area contributed by atoms with Gasteiger partial charge >= 0.3 is 0 Å². The molecule has 0 amide bonds. The minimum Gasteiger partial charge on any atom is -0.381 e. The largest absolute Gasteiger partial charge is 0.381 e. The number of hydrogen-bond donors (Lipinski definition) is 2. The highest BCUT2D eigenvalue weighted by Gasteiger charge is 2.06. The van der Waals surface area contributed by atoms with Crippen LogP contribution in [0.1, 0.15) is 44.6 Å². The molecule has 4 nitrogen and oxygen atoms in total. The molecular weight excluding hydrogens is 409 g/mol. The first kappa shape index (κ1) is 21.7. The summed E-state index contributed by atoms with van der Waals surface area (Å²) in [6, 6.07) is 2.18. The van der Waals surface area contributed by atoms with Gasteiger partial charge in [0.15, 0.2) is 5.96 Å². The summed E-state index contributed by atoms with van der Waals surface area (Å²) in [6.45, 7) is 7.88. The minimum absolute atomic E-state index is 0. The Labute approximate surface area is 156 Å². The van der Waals surface area contributed by atoms with Gasteiger partial charge < -0.3 is 15.4 Å². The van der Waals surface area contributed by atoms with Crippen molar-refractivity contribution in [3.8, 4) is 0 Å². The first-order valence-corrected chi connectivity index (χ1v) is 8.76. The lowest BCUT2D eigenvalue weighted by Gasteiger charge is -2.15. The number of hydrogen-bond acceptors (Lipinski definition) is 3. The Balaban J connectivity index is 0.00000441. The fourth-order valence-corrected chi connectivity index (χ4v) is 2.66. The van der Waals surface area contributed by atoms with E-state index in [9.17, 15) is 0 Å². The second kappa shape index (κ2) is 14.3. The number of rotatable bonds is 10. The SMILES string of the molecule is CCCCOCCCNC(=NC)NCC(C)c1ccsc1.I. The van der Waals surface area contributed by atoms with Gasteiger partial charge in [0.05, 0.1) is 0 Å². The third-order valence-corrected chi connectivity index (χ3v) is 4.01. The highest BCUT2D eigenvalue weighted by Crippen LogP contribution is 2.16. The van der Waals surface area contributed by atoms with Crippen molar-refractivity contribution in [2.75, 3.05) is 33.4 Å². The van der Waals surface area contributed by atoms with Crippen molar-refractivity contribution < 1.29 is 4.74 Å². The average Bonchev–Trinajstić information content (AvgIpc) is 3.03. The maximum Gasteiger partial charge on any atom is 0.190 e. The Morgan fingerprint density at radius 3 is 2.73 bits per heavy atom. The van der Waals surface area contributed by atoms with E-state index in [0.29, 0.717) is 5.92 Å². The van der Waals surface area contributed by atoms with Crippen LogP contribution >= 0.6 is 35.3 Å². The maximum atomic E-state index is 5.54. The van der Waals surface area contributed by atoms with Crippen LogP contribution in [-0.2, 0) is 4.74 Å². The van der Waals surface area contributed by atoms with Crippen LogP contribution < -0.4 is 10.6 Å². The van der Waals surface area contributed by atoms with E-state index in [2.05, 4.69) is 46.3 Å². The molecule has 0 radical (unpaired) electrons. The molecule has 0 spiro atoms. The molecule has 0 aliphatic heterocycles. The lowest BCUT2D eigenvalue weighted by molar-refractivity contribution is 0.129. The third-order valence-electron chi connectivity index (χ3n) is 3.31. The number of nitrogens with zero attached hydrogens (tertiary/aromatic N) is 1. The maximum absolute atomic E-state index is 5.54. The zero-order valence-corrected chi connectivity index (χ0v) is 17.1. The van der Waals surface area contributed by atoms with Crippen molar-refractivity contribution >= 4 is 41.3 Å². The average molecular weight is 439 g/mol. The van der Waals surface area contributed by atoms with Gasteiger partial charge in [-0.25, -0.2) is 0 Å². The topological polar surface area (TPSA) is 45.6 Å². The van der Waals surface area contributed by atoms with E-state index in [0.717, 1.165) is 45.1 Å². The number of guanidine groups is 1. The number of nitrogens with one attached hydrogen (secondary N) is 2. The van der Waals surface area contributed by atoms with Crippen LogP contribution in [0.15, 0.2) is 21.8 Å². The molecule has 128 valence electrons. The second-order valence-electron chi connectivity index (χ2n) is 5.16. The Bertz CT molecular complexity index is 385. The highest BCUT2D eigenvalue weighted by atomic mass is 127. The molecule has 0 aromatic carbocycles. The third kappa shape index (κ3) is 9.63. The van der Waals surface area contributed by atoms with Crippen molar-refractivity contribution in [3.63, 3.8) is 0 Å². The van der Waals surface area contributed by atoms with Crippen molar-refractivity contribution in [2.24, 2.45) is 4.99 Å². The zero-order chi connectivity index (χ0) is 15.3. The van der Waals surface area contributed by atoms with Gasteiger partial charge in [-0.1, -0.05) is 20.3 Å². The van der Waals surface area contributed by atoms with Crippen LogP contribution in [0.3, 0.4) is 0 Å². The Kier molecular flexibility index (Phi) is 14.0. The first-order chi connectivity index (χ1) is 10.3. The number of thiophene rings is 1. The second-order valence-corrected chi connectivity index (χ2v) is 5.94. The summed E-state index contributed by atoms with van der Waals surface area (Å²) in [5.41, 5.74) is 1.38. The Morgan fingerprint density at radius 1 is 1.32 bits per heavy atom. The molecule has 22 heavy (non-hydrogen) atoms. The molecule has 0 saturated carbocycles. The standard InChI is InChI=1S/C16H29N3OS.HI/c1-4-5-9-20-10-6-8-18-16(17-3)19-12-14(2)15-7-11-21-13-15;/h7,11,13-14H,4-6,8-10,12H2,1-3H3,(H2,17,18,19);1H. The molecule has 6 heteroatoms. The summed E-state index contributed by atoms with van der Waals surface area (Å²) in [4.78, 5) is 4.24. The summed E-state index contributed by atoms with van der Waals surface area (Å²) >= 11 is 1.75. The van der Waals surface area contributed by atoms with Crippen LogP contribution in [-0.4, -0.2) is 39.3 Å². The quantitative estimate of drug-likeness (QED) is 0.252. The monoisotopic (exact) mass is 439 g/mol. The molecule has 1 aromatic heterocycles. The van der Waals surface area contributed by atoms with E-state index < -0.39 is 0 Å². The van der Waals surface area contributed by atoms with Gasteiger partial charge in [0.1, 0.15) is 0 Å².